The van der Waals surface area contributed by atoms with Crippen molar-refractivity contribution in [2.24, 2.45) is 0 Å². The van der Waals surface area contributed by atoms with Crippen LogP contribution in [-0.4, -0.2) is 54.4 Å². The summed E-state index contributed by atoms with van der Waals surface area (Å²) < 4.78 is 13.5. The lowest BCUT2D eigenvalue weighted by atomic mass is 9.76. The minimum Gasteiger partial charge on any atom is -0.461 e. The summed E-state index contributed by atoms with van der Waals surface area (Å²) in [5.41, 5.74) is 1.13. The quantitative estimate of drug-likeness (QED) is 0.258. The van der Waals surface area contributed by atoms with Crippen LogP contribution in [0.5, 0.6) is 0 Å². The van der Waals surface area contributed by atoms with Crippen LogP contribution in [0, 0.1) is 0 Å². The molecule has 2 bridgehead atoms. The van der Waals surface area contributed by atoms with Crippen LogP contribution in [0.1, 0.15) is 57.1 Å². The topological polar surface area (TPSA) is 38.8 Å². The van der Waals surface area contributed by atoms with E-state index in [1.165, 1.54) is 25.8 Å². The van der Waals surface area contributed by atoms with Crippen molar-refractivity contribution in [3.63, 3.8) is 0 Å². The number of fused-ring (bicyclic) bond motifs is 5. The molecule has 32 heavy (non-hydrogen) atoms. The molecule has 0 N–H and O–H groups in total. The molecule has 0 saturated carbocycles. The zero-order valence-electron chi connectivity index (χ0n) is 19.6. The minimum absolute atomic E-state index is 0.0296. The van der Waals surface area contributed by atoms with Crippen LogP contribution in [0.25, 0.3) is 0 Å². The number of likely N-dealkylation sites (N-methyl/N-ethyl adjacent to an activating group) is 1. The molecule has 3 aliphatic heterocycles. The van der Waals surface area contributed by atoms with Crippen LogP contribution < -0.4 is 0 Å². The summed E-state index contributed by atoms with van der Waals surface area (Å²) in [6, 6.07) is 21.0. The fourth-order valence-electron chi connectivity index (χ4n) is 6.40. The molecule has 4 heteroatoms. The number of epoxide rings is 1. The van der Waals surface area contributed by atoms with Crippen molar-refractivity contribution in [1.29, 1.82) is 0 Å². The monoisotopic (exact) mass is 434 g/mol. The normalized spacial score (nSPS) is 32.9. The Labute approximate surface area is 192 Å². The van der Waals surface area contributed by atoms with Crippen LogP contribution in [0.2, 0.25) is 0 Å². The predicted molar refractivity (Wildman–Crippen MR) is 125 cm³/mol. The highest BCUT2D eigenvalue weighted by atomic mass is 16.6. The molecule has 4 nitrogen and oxygen atoms in total. The number of nitrogens with zero attached hydrogens (tertiary/aromatic N) is 1. The van der Waals surface area contributed by atoms with Gasteiger partial charge in [-0.3, -0.25) is 4.79 Å². The summed E-state index contributed by atoms with van der Waals surface area (Å²) in [4.78, 5) is 13.8. The largest absolute Gasteiger partial charge is 0.461 e. The average Bonchev–Trinajstić information content (AvgIpc) is 3.58. The number of carbonyl (C=O) groups is 1. The lowest BCUT2D eigenvalue weighted by molar-refractivity contribution is -0.956. The smallest absolute Gasteiger partial charge is 0.321 e. The van der Waals surface area contributed by atoms with E-state index in [2.05, 4.69) is 14.0 Å². The SMILES string of the molecule is CCCCC[N+]1(C)C2CC(OC(=O)C(C)(c3ccccc3)c3ccccc3)CC1C1OC12. The van der Waals surface area contributed by atoms with Gasteiger partial charge in [0, 0.05) is 12.8 Å². The van der Waals surface area contributed by atoms with E-state index < -0.39 is 5.41 Å². The fraction of sp³-hybridized carbons (Fsp3) is 0.536. The zero-order chi connectivity index (χ0) is 22.3. The molecular formula is C28H36NO3+. The van der Waals surface area contributed by atoms with Gasteiger partial charge in [-0.1, -0.05) is 74.0 Å². The van der Waals surface area contributed by atoms with E-state index in [0.717, 1.165) is 28.5 Å². The number of hydrogen-bond donors (Lipinski definition) is 0. The average molecular weight is 435 g/mol. The molecule has 3 aliphatic rings. The van der Waals surface area contributed by atoms with Gasteiger partial charge in [0.05, 0.1) is 13.6 Å². The summed E-state index contributed by atoms with van der Waals surface area (Å²) in [6.07, 6.45) is 6.32. The number of morpholine rings is 1. The second kappa shape index (κ2) is 8.31. The number of unbranched alkanes of at least 4 members (excludes halogenated alkanes) is 2. The van der Waals surface area contributed by atoms with E-state index in [1.54, 1.807) is 0 Å². The van der Waals surface area contributed by atoms with Crippen molar-refractivity contribution in [2.45, 2.75) is 81.8 Å². The molecule has 3 heterocycles. The number of esters is 1. The summed E-state index contributed by atoms with van der Waals surface area (Å²) in [5, 5.41) is 0. The number of quaternary nitrogens is 1. The molecule has 2 aromatic carbocycles. The molecule has 3 fully saturated rings. The van der Waals surface area contributed by atoms with Gasteiger partial charge in [0.2, 0.25) is 0 Å². The van der Waals surface area contributed by atoms with E-state index in [1.807, 2.05) is 67.6 Å². The van der Waals surface area contributed by atoms with Crippen molar-refractivity contribution >= 4 is 5.97 Å². The molecule has 0 amide bonds. The maximum absolute atomic E-state index is 13.8. The van der Waals surface area contributed by atoms with Gasteiger partial charge in [-0.05, 0) is 30.9 Å². The van der Waals surface area contributed by atoms with Crippen LogP contribution in [0.3, 0.4) is 0 Å². The molecule has 170 valence electrons. The molecule has 0 radical (unpaired) electrons. The number of piperidine rings is 1. The maximum atomic E-state index is 13.8. The first kappa shape index (κ1) is 21.7. The second-order valence-electron chi connectivity index (χ2n) is 10.3. The Hall–Kier alpha value is -2.17. The summed E-state index contributed by atoms with van der Waals surface area (Å²) in [5.74, 6) is -0.143. The number of carbonyl (C=O) groups excluding carboxylic acids is 1. The molecule has 4 atom stereocenters. The Morgan fingerprint density at radius 1 is 0.969 bits per heavy atom. The van der Waals surface area contributed by atoms with Crippen LogP contribution in [0.4, 0.5) is 0 Å². The first-order valence-electron chi connectivity index (χ1n) is 12.3. The Morgan fingerprint density at radius 2 is 1.50 bits per heavy atom. The third-order valence-corrected chi connectivity index (χ3v) is 8.47. The second-order valence-corrected chi connectivity index (χ2v) is 10.3. The van der Waals surface area contributed by atoms with Gasteiger partial charge in [0.25, 0.3) is 0 Å². The number of rotatable bonds is 8. The van der Waals surface area contributed by atoms with Gasteiger partial charge >= 0.3 is 5.97 Å². The van der Waals surface area contributed by atoms with E-state index in [9.17, 15) is 4.79 Å². The first-order valence-corrected chi connectivity index (χ1v) is 12.3. The van der Waals surface area contributed by atoms with E-state index in [0.29, 0.717) is 24.3 Å². The van der Waals surface area contributed by atoms with Crippen molar-refractivity contribution in [3.8, 4) is 0 Å². The van der Waals surface area contributed by atoms with Crippen molar-refractivity contribution in [3.05, 3.63) is 71.8 Å². The van der Waals surface area contributed by atoms with Gasteiger partial charge in [0.15, 0.2) is 0 Å². The molecule has 3 saturated heterocycles. The van der Waals surface area contributed by atoms with Crippen molar-refractivity contribution in [1.82, 2.24) is 0 Å². The van der Waals surface area contributed by atoms with E-state index in [4.69, 9.17) is 9.47 Å². The number of ether oxygens (including phenoxy) is 2. The van der Waals surface area contributed by atoms with Crippen molar-refractivity contribution in [2.75, 3.05) is 13.6 Å². The highest BCUT2D eigenvalue weighted by Crippen LogP contribution is 2.53. The molecule has 2 aromatic rings. The molecule has 4 unspecified atom stereocenters. The lowest BCUT2D eigenvalue weighted by Gasteiger charge is -2.48. The molecular weight excluding hydrogens is 398 g/mol. The molecule has 5 rings (SSSR count). The highest BCUT2D eigenvalue weighted by Gasteiger charge is 2.71. The highest BCUT2D eigenvalue weighted by molar-refractivity contribution is 5.87. The van der Waals surface area contributed by atoms with Gasteiger partial charge in [-0.2, -0.15) is 0 Å². The summed E-state index contributed by atoms with van der Waals surface area (Å²) in [6.45, 7) is 5.48. The Bertz CT molecular complexity index is 886. The van der Waals surface area contributed by atoms with Crippen LogP contribution >= 0.6 is 0 Å². The molecule has 0 aromatic heterocycles. The summed E-state index contributed by atoms with van der Waals surface area (Å²) in [7, 11) is 2.41. The number of hydrogen-bond acceptors (Lipinski definition) is 3. The van der Waals surface area contributed by atoms with Crippen LogP contribution in [-0.2, 0) is 19.7 Å². The van der Waals surface area contributed by atoms with E-state index >= 15 is 0 Å². The third-order valence-electron chi connectivity index (χ3n) is 8.47. The van der Waals surface area contributed by atoms with Gasteiger partial charge in [-0.15, -0.1) is 0 Å². The Morgan fingerprint density at radius 3 is 2.00 bits per heavy atom. The molecule has 0 aliphatic carbocycles. The summed E-state index contributed by atoms with van der Waals surface area (Å²) >= 11 is 0. The lowest BCUT2D eigenvalue weighted by Crippen LogP contribution is -2.63. The van der Waals surface area contributed by atoms with Gasteiger partial charge < -0.3 is 14.0 Å². The standard InChI is InChI=1S/C28H36NO3/c1-4-5-12-17-29(3)23-18-22(19-24(29)26-25(23)32-26)31-27(30)28(2,20-13-8-6-9-14-20)21-15-10-7-11-16-21/h6-11,13-16,22-26H,4-5,12,17-19H2,1-3H3/q+1. The molecule has 0 spiro atoms. The first-order chi connectivity index (χ1) is 15.5. The Kier molecular flexibility index (Phi) is 5.63. The number of benzene rings is 2. The Balaban J connectivity index is 1.36. The van der Waals surface area contributed by atoms with E-state index in [-0.39, 0.29) is 12.1 Å². The van der Waals surface area contributed by atoms with Gasteiger partial charge in [-0.25, -0.2) is 0 Å². The third kappa shape index (κ3) is 3.48. The van der Waals surface area contributed by atoms with Crippen LogP contribution in [0.15, 0.2) is 60.7 Å². The fourth-order valence-corrected chi connectivity index (χ4v) is 6.40. The maximum Gasteiger partial charge on any atom is 0.321 e. The zero-order valence-corrected chi connectivity index (χ0v) is 19.6. The minimum atomic E-state index is -0.822. The predicted octanol–water partition coefficient (Wildman–Crippen LogP) is 4.85. The van der Waals surface area contributed by atoms with Crippen molar-refractivity contribution < 1.29 is 18.8 Å². The van der Waals surface area contributed by atoms with Gasteiger partial charge in [0.1, 0.15) is 35.8 Å².